The lowest BCUT2D eigenvalue weighted by molar-refractivity contribution is 0.236. The van der Waals surface area contributed by atoms with Crippen molar-refractivity contribution < 1.29 is 0 Å². The van der Waals surface area contributed by atoms with Crippen LogP contribution in [0.5, 0.6) is 0 Å². The van der Waals surface area contributed by atoms with Crippen molar-refractivity contribution in [2.45, 2.75) is 148 Å². The molecule has 0 aromatic rings. The fourth-order valence-corrected chi connectivity index (χ4v) is 4.88. The van der Waals surface area contributed by atoms with Crippen molar-refractivity contribution in [3.8, 4) is 0 Å². The van der Waals surface area contributed by atoms with Crippen LogP contribution in [-0.4, -0.2) is 37.6 Å². The summed E-state index contributed by atoms with van der Waals surface area (Å²) in [5.74, 6) is 0. The van der Waals surface area contributed by atoms with Gasteiger partial charge in [0, 0.05) is 26.2 Å². The molecule has 0 radical (unpaired) electrons. The molecule has 1 heterocycles. The van der Waals surface area contributed by atoms with E-state index in [1.165, 1.54) is 174 Å². The molecule has 1 rings (SSSR count). The first-order chi connectivity index (χ1) is 14.9. The molecular formula is C28H58N2. The highest BCUT2D eigenvalue weighted by Crippen LogP contribution is 2.15. The van der Waals surface area contributed by atoms with E-state index in [0.29, 0.717) is 0 Å². The van der Waals surface area contributed by atoms with Crippen LogP contribution in [0.3, 0.4) is 0 Å². The van der Waals surface area contributed by atoms with Crippen molar-refractivity contribution in [2.24, 2.45) is 0 Å². The monoisotopic (exact) mass is 422 g/mol. The molecule has 180 valence electrons. The van der Waals surface area contributed by atoms with Gasteiger partial charge in [-0.3, -0.25) is 0 Å². The summed E-state index contributed by atoms with van der Waals surface area (Å²) in [5.41, 5.74) is 0. The van der Waals surface area contributed by atoms with Gasteiger partial charge in [0.15, 0.2) is 0 Å². The van der Waals surface area contributed by atoms with E-state index in [2.05, 4.69) is 17.1 Å². The summed E-state index contributed by atoms with van der Waals surface area (Å²) < 4.78 is 0. The quantitative estimate of drug-likeness (QED) is 0.166. The van der Waals surface area contributed by atoms with E-state index in [9.17, 15) is 0 Å². The Balaban J connectivity index is 1.63. The predicted molar refractivity (Wildman–Crippen MR) is 137 cm³/mol. The van der Waals surface area contributed by atoms with E-state index in [-0.39, 0.29) is 0 Å². The fourth-order valence-electron chi connectivity index (χ4n) is 4.88. The van der Waals surface area contributed by atoms with E-state index >= 15 is 0 Å². The minimum atomic E-state index is 1.19. The second-order valence-electron chi connectivity index (χ2n) is 10.0. The molecule has 0 saturated carbocycles. The van der Waals surface area contributed by atoms with Crippen molar-refractivity contribution >= 4 is 0 Å². The Morgan fingerprint density at radius 3 is 1.07 bits per heavy atom. The topological polar surface area (TPSA) is 15.3 Å². The number of nitrogens with zero attached hydrogens (tertiary/aromatic N) is 1. The Morgan fingerprint density at radius 2 is 0.733 bits per heavy atom. The molecule has 30 heavy (non-hydrogen) atoms. The van der Waals surface area contributed by atoms with Crippen LogP contribution in [0, 0.1) is 0 Å². The van der Waals surface area contributed by atoms with Crippen molar-refractivity contribution in [2.75, 3.05) is 32.7 Å². The minimum absolute atomic E-state index is 1.19. The number of rotatable bonds is 23. The van der Waals surface area contributed by atoms with E-state index in [1.54, 1.807) is 0 Å². The van der Waals surface area contributed by atoms with Crippen molar-refractivity contribution in [1.82, 2.24) is 10.2 Å². The van der Waals surface area contributed by atoms with Crippen molar-refractivity contribution in [1.29, 1.82) is 0 Å². The Kier molecular flexibility index (Phi) is 22.0. The summed E-state index contributed by atoms with van der Waals surface area (Å²) in [7, 11) is 0. The maximum atomic E-state index is 3.44. The molecule has 0 bridgehead atoms. The maximum absolute atomic E-state index is 3.44. The summed E-state index contributed by atoms with van der Waals surface area (Å²) in [6, 6.07) is 0. The first-order valence-electron chi connectivity index (χ1n) is 14.4. The SMILES string of the molecule is CCCCCCCCCCCCCCCCCCCCCCCCN1CCNCC1. The smallest absolute Gasteiger partial charge is 0.0107 e. The number of nitrogens with one attached hydrogen (secondary N) is 1. The van der Waals surface area contributed by atoms with Crippen LogP contribution in [0.2, 0.25) is 0 Å². The average molecular weight is 423 g/mol. The van der Waals surface area contributed by atoms with Gasteiger partial charge in [-0.1, -0.05) is 142 Å². The molecule has 0 atom stereocenters. The summed E-state index contributed by atoms with van der Waals surface area (Å²) in [5, 5.41) is 3.44. The molecule has 1 aliphatic heterocycles. The van der Waals surface area contributed by atoms with Gasteiger partial charge in [-0.25, -0.2) is 0 Å². The molecule has 0 aromatic carbocycles. The van der Waals surface area contributed by atoms with Crippen LogP contribution < -0.4 is 5.32 Å². The minimum Gasteiger partial charge on any atom is -0.314 e. The predicted octanol–water partition coefficient (Wildman–Crippen LogP) is 8.49. The van der Waals surface area contributed by atoms with E-state index in [1.807, 2.05) is 0 Å². The molecule has 1 saturated heterocycles. The first-order valence-corrected chi connectivity index (χ1v) is 14.4. The molecule has 0 aromatic heterocycles. The highest BCUT2D eigenvalue weighted by Gasteiger charge is 2.07. The molecule has 0 spiro atoms. The Hall–Kier alpha value is -0.0800. The summed E-state index contributed by atoms with van der Waals surface area (Å²) >= 11 is 0. The van der Waals surface area contributed by atoms with Crippen LogP contribution in [-0.2, 0) is 0 Å². The van der Waals surface area contributed by atoms with Gasteiger partial charge in [0.05, 0.1) is 0 Å². The number of piperazine rings is 1. The van der Waals surface area contributed by atoms with E-state index < -0.39 is 0 Å². The lowest BCUT2D eigenvalue weighted by atomic mass is 10.0. The van der Waals surface area contributed by atoms with Gasteiger partial charge in [-0.2, -0.15) is 0 Å². The van der Waals surface area contributed by atoms with Crippen LogP contribution in [0.15, 0.2) is 0 Å². The molecular weight excluding hydrogens is 364 g/mol. The van der Waals surface area contributed by atoms with Gasteiger partial charge in [-0.15, -0.1) is 0 Å². The molecule has 1 N–H and O–H groups in total. The number of unbranched alkanes of at least 4 members (excludes halogenated alkanes) is 21. The number of hydrogen-bond acceptors (Lipinski definition) is 2. The second kappa shape index (κ2) is 23.6. The second-order valence-corrected chi connectivity index (χ2v) is 10.0. The average Bonchev–Trinajstić information content (AvgIpc) is 2.78. The highest BCUT2D eigenvalue weighted by molar-refractivity contribution is 4.67. The third kappa shape index (κ3) is 19.9. The van der Waals surface area contributed by atoms with Gasteiger partial charge in [0.2, 0.25) is 0 Å². The first kappa shape index (κ1) is 28.0. The zero-order valence-corrected chi connectivity index (χ0v) is 21.0. The Labute approximate surface area is 191 Å². The molecule has 2 nitrogen and oxygen atoms in total. The molecule has 0 unspecified atom stereocenters. The summed E-state index contributed by atoms with van der Waals surface area (Å²) in [6.07, 6.45) is 32.4. The fraction of sp³-hybridized carbons (Fsp3) is 1.00. The lowest BCUT2D eigenvalue weighted by Gasteiger charge is -2.27. The van der Waals surface area contributed by atoms with Gasteiger partial charge < -0.3 is 10.2 Å². The van der Waals surface area contributed by atoms with E-state index in [0.717, 1.165) is 0 Å². The van der Waals surface area contributed by atoms with Gasteiger partial charge >= 0.3 is 0 Å². The molecule has 0 aliphatic carbocycles. The van der Waals surface area contributed by atoms with Crippen LogP contribution in [0.4, 0.5) is 0 Å². The Morgan fingerprint density at radius 1 is 0.433 bits per heavy atom. The van der Waals surface area contributed by atoms with Gasteiger partial charge in [0.1, 0.15) is 0 Å². The standard InChI is InChI=1S/C28H58N2/c1-2-3-4-5-6-7-8-9-10-11-12-13-14-15-16-17-18-19-20-21-22-23-26-30-27-24-29-25-28-30/h29H,2-28H2,1H3. The van der Waals surface area contributed by atoms with E-state index in [4.69, 9.17) is 0 Å². The number of hydrogen-bond donors (Lipinski definition) is 1. The zero-order chi connectivity index (χ0) is 21.4. The molecule has 2 heteroatoms. The molecule has 1 fully saturated rings. The largest absolute Gasteiger partial charge is 0.314 e. The van der Waals surface area contributed by atoms with Crippen LogP contribution in [0.1, 0.15) is 148 Å². The van der Waals surface area contributed by atoms with Gasteiger partial charge in [-0.05, 0) is 13.0 Å². The Bertz CT molecular complexity index is 312. The lowest BCUT2D eigenvalue weighted by Crippen LogP contribution is -2.43. The normalized spacial score (nSPS) is 15.1. The van der Waals surface area contributed by atoms with Crippen LogP contribution >= 0.6 is 0 Å². The van der Waals surface area contributed by atoms with Crippen LogP contribution in [0.25, 0.3) is 0 Å². The maximum Gasteiger partial charge on any atom is 0.0107 e. The summed E-state index contributed by atoms with van der Waals surface area (Å²) in [4.78, 5) is 2.63. The third-order valence-electron chi connectivity index (χ3n) is 7.04. The molecule has 1 aliphatic rings. The summed E-state index contributed by atoms with van der Waals surface area (Å²) in [6.45, 7) is 8.55. The highest BCUT2D eigenvalue weighted by atomic mass is 15.2. The third-order valence-corrected chi connectivity index (χ3v) is 7.04. The van der Waals surface area contributed by atoms with Gasteiger partial charge in [0.25, 0.3) is 0 Å². The van der Waals surface area contributed by atoms with Crippen molar-refractivity contribution in [3.05, 3.63) is 0 Å². The van der Waals surface area contributed by atoms with Crippen molar-refractivity contribution in [3.63, 3.8) is 0 Å². The molecule has 0 amide bonds. The zero-order valence-electron chi connectivity index (χ0n) is 21.0.